The summed E-state index contributed by atoms with van der Waals surface area (Å²) in [6.45, 7) is 1.32. The van der Waals surface area contributed by atoms with E-state index >= 15 is 0 Å². The predicted molar refractivity (Wildman–Crippen MR) is 98.7 cm³/mol. The van der Waals surface area contributed by atoms with Crippen molar-refractivity contribution in [1.29, 1.82) is 0 Å². The van der Waals surface area contributed by atoms with Crippen molar-refractivity contribution in [2.24, 2.45) is 0 Å². The van der Waals surface area contributed by atoms with E-state index in [1.807, 2.05) is 12.1 Å². The van der Waals surface area contributed by atoms with Gasteiger partial charge in [0.05, 0.1) is 23.5 Å². The average molecular weight is 387 g/mol. The molecule has 7 heteroatoms. The lowest BCUT2D eigenvalue weighted by molar-refractivity contribution is -0.136. The standard InChI is InChI=1S/C20H21NO5S/c22-19(23)13-15-4-3-6-17(12-15)27(24,25)21-10-8-20(9-11-21)18-7-2-1-5-16(18)14-26-20/h1-7,12H,8-11,13-14H2,(H,22,23). The summed E-state index contributed by atoms with van der Waals surface area (Å²) < 4.78 is 33.6. The van der Waals surface area contributed by atoms with E-state index in [1.165, 1.54) is 27.6 Å². The highest BCUT2D eigenvalue weighted by molar-refractivity contribution is 7.89. The maximum absolute atomic E-state index is 13.0. The lowest BCUT2D eigenvalue weighted by Gasteiger charge is -2.38. The smallest absolute Gasteiger partial charge is 0.307 e. The molecular weight excluding hydrogens is 366 g/mol. The quantitative estimate of drug-likeness (QED) is 0.872. The van der Waals surface area contributed by atoms with Gasteiger partial charge in [0.1, 0.15) is 0 Å². The minimum atomic E-state index is -3.66. The highest BCUT2D eigenvalue weighted by Gasteiger charge is 2.44. The Balaban J connectivity index is 1.54. The Morgan fingerprint density at radius 1 is 1.11 bits per heavy atom. The van der Waals surface area contributed by atoms with Crippen LogP contribution in [0.2, 0.25) is 0 Å². The van der Waals surface area contributed by atoms with Crippen LogP contribution in [0.4, 0.5) is 0 Å². The molecule has 0 aliphatic carbocycles. The van der Waals surface area contributed by atoms with Gasteiger partial charge in [-0.15, -0.1) is 0 Å². The minimum absolute atomic E-state index is 0.143. The van der Waals surface area contributed by atoms with Crippen molar-refractivity contribution in [3.8, 4) is 0 Å². The number of fused-ring (bicyclic) bond motifs is 2. The molecule has 2 aliphatic rings. The van der Waals surface area contributed by atoms with Crippen LogP contribution in [-0.2, 0) is 38.2 Å². The summed E-state index contributed by atoms with van der Waals surface area (Å²) in [5.41, 5.74) is 2.43. The number of rotatable bonds is 4. The SMILES string of the molecule is O=C(O)Cc1cccc(S(=O)(=O)N2CCC3(CC2)OCc2ccccc23)c1. The second-order valence-corrected chi connectivity index (χ2v) is 9.00. The monoisotopic (exact) mass is 387 g/mol. The molecule has 4 rings (SSSR count). The van der Waals surface area contributed by atoms with E-state index in [0.29, 0.717) is 38.1 Å². The first-order chi connectivity index (χ1) is 12.9. The van der Waals surface area contributed by atoms with Crippen molar-refractivity contribution >= 4 is 16.0 Å². The molecule has 2 heterocycles. The van der Waals surface area contributed by atoms with Crippen molar-refractivity contribution in [3.63, 3.8) is 0 Å². The van der Waals surface area contributed by atoms with Gasteiger partial charge >= 0.3 is 5.97 Å². The second kappa shape index (κ2) is 6.74. The Bertz CT molecular complexity index is 977. The summed E-state index contributed by atoms with van der Waals surface area (Å²) >= 11 is 0. The lowest BCUT2D eigenvalue weighted by atomic mass is 9.84. The molecule has 0 saturated carbocycles. The maximum atomic E-state index is 13.0. The van der Waals surface area contributed by atoms with Crippen molar-refractivity contribution in [2.75, 3.05) is 13.1 Å². The molecule has 1 spiro atoms. The average Bonchev–Trinajstić information content (AvgIpc) is 3.00. The van der Waals surface area contributed by atoms with Crippen LogP contribution in [0.5, 0.6) is 0 Å². The highest BCUT2D eigenvalue weighted by atomic mass is 32.2. The van der Waals surface area contributed by atoms with Gasteiger partial charge in [-0.3, -0.25) is 4.79 Å². The summed E-state index contributed by atoms with van der Waals surface area (Å²) in [4.78, 5) is 11.0. The summed E-state index contributed by atoms with van der Waals surface area (Å²) in [6, 6.07) is 14.3. The fourth-order valence-electron chi connectivity index (χ4n) is 4.03. The normalized spacial score (nSPS) is 19.1. The van der Waals surface area contributed by atoms with Crippen molar-refractivity contribution in [2.45, 2.75) is 36.4 Å². The van der Waals surface area contributed by atoms with Gasteiger partial charge in [0.15, 0.2) is 0 Å². The Kier molecular flexibility index (Phi) is 4.53. The molecule has 0 amide bonds. The van der Waals surface area contributed by atoms with Gasteiger partial charge in [0.25, 0.3) is 0 Å². The molecule has 6 nitrogen and oxygen atoms in total. The van der Waals surface area contributed by atoms with E-state index in [9.17, 15) is 13.2 Å². The highest BCUT2D eigenvalue weighted by Crippen LogP contribution is 2.44. The number of carboxylic acids is 1. The van der Waals surface area contributed by atoms with Crippen LogP contribution >= 0.6 is 0 Å². The minimum Gasteiger partial charge on any atom is -0.481 e. The molecule has 0 aromatic heterocycles. The molecule has 0 bridgehead atoms. The topological polar surface area (TPSA) is 83.9 Å². The Morgan fingerprint density at radius 3 is 2.59 bits per heavy atom. The zero-order chi connectivity index (χ0) is 19.1. The number of sulfonamides is 1. The molecule has 2 aromatic carbocycles. The fourth-order valence-corrected chi connectivity index (χ4v) is 5.54. The zero-order valence-electron chi connectivity index (χ0n) is 14.8. The third-order valence-corrected chi connectivity index (χ3v) is 7.33. The largest absolute Gasteiger partial charge is 0.481 e. The van der Waals surface area contributed by atoms with E-state index < -0.39 is 21.6 Å². The molecular formula is C20H21NO5S. The third kappa shape index (κ3) is 3.26. The van der Waals surface area contributed by atoms with Gasteiger partial charge in [-0.2, -0.15) is 4.31 Å². The molecule has 1 saturated heterocycles. The summed E-state index contributed by atoms with van der Waals surface area (Å²) in [5, 5.41) is 8.93. The Labute approximate surface area is 158 Å². The number of piperidine rings is 1. The van der Waals surface area contributed by atoms with Crippen molar-refractivity contribution < 1.29 is 23.1 Å². The Morgan fingerprint density at radius 2 is 1.85 bits per heavy atom. The molecule has 27 heavy (non-hydrogen) atoms. The summed E-state index contributed by atoms with van der Waals surface area (Å²) in [6.07, 6.45) is 1.02. The third-order valence-electron chi connectivity index (χ3n) is 5.43. The Hall–Kier alpha value is -2.22. The molecule has 1 fully saturated rings. The number of nitrogens with zero attached hydrogens (tertiary/aromatic N) is 1. The van der Waals surface area contributed by atoms with Crippen LogP contribution < -0.4 is 0 Å². The van der Waals surface area contributed by atoms with E-state index in [-0.39, 0.29) is 11.3 Å². The number of benzene rings is 2. The van der Waals surface area contributed by atoms with Crippen LogP contribution in [0.1, 0.15) is 29.5 Å². The van der Waals surface area contributed by atoms with Gasteiger partial charge < -0.3 is 9.84 Å². The van der Waals surface area contributed by atoms with Crippen LogP contribution in [0.25, 0.3) is 0 Å². The first-order valence-electron chi connectivity index (χ1n) is 8.94. The number of aliphatic carboxylic acids is 1. The van der Waals surface area contributed by atoms with E-state index in [0.717, 1.165) is 0 Å². The van der Waals surface area contributed by atoms with Crippen LogP contribution in [0.3, 0.4) is 0 Å². The number of carbonyl (C=O) groups is 1. The fraction of sp³-hybridized carbons (Fsp3) is 0.350. The van der Waals surface area contributed by atoms with E-state index in [4.69, 9.17) is 9.84 Å². The summed E-state index contributed by atoms with van der Waals surface area (Å²) in [7, 11) is -3.66. The molecule has 142 valence electrons. The first kappa shape index (κ1) is 18.2. The van der Waals surface area contributed by atoms with Crippen LogP contribution in [0, 0.1) is 0 Å². The summed E-state index contributed by atoms with van der Waals surface area (Å²) in [5.74, 6) is -0.985. The second-order valence-electron chi connectivity index (χ2n) is 7.06. The van der Waals surface area contributed by atoms with Gasteiger partial charge in [-0.05, 0) is 41.7 Å². The number of hydrogen-bond acceptors (Lipinski definition) is 4. The zero-order valence-corrected chi connectivity index (χ0v) is 15.6. The van der Waals surface area contributed by atoms with Crippen LogP contribution in [0.15, 0.2) is 53.4 Å². The molecule has 0 atom stereocenters. The van der Waals surface area contributed by atoms with Gasteiger partial charge in [-0.1, -0.05) is 36.4 Å². The lowest BCUT2D eigenvalue weighted by Crippen LogP contribution is -2.45. The molecule has 1 N–H and O–H groups in total. The molecule has 2 aromatic rings. The van der Waals surface area contributed by atoms with E-state index in [1.54, 1.807) is 12.1 Å². The van der Waals surface area contributed by atoms with Crippen molar-refractivity contribution in [1.82, 2.24) is 4.31 Å². The predicted octanol–water partition coefficient (Wildman–Crippen LogP) is 2.52. The van der Waals surface area contributed by atoms with Gasteiger partial charge in [0, 0.05) is 13.1 Å². The van der Waals surface area contributed by atoms with Gasteiger partial charge in [-0.25, -0.2) is 8.42 Å². The molecule has 0 radical (unpaired) electrons. The first-order valence-corrected chi connectivity index (χ1v) is 10.4. The molecule has 0 unspecified atom stereocenters. The molecule has 2 aliphatic heterocycles. The van der Waals surface area contributed by atoms with Crippen LogP contribution in [-0.4, -0.2) is 36.9 Å². The number of ether oxygens (including phenoxy) is 1. The van der Waals surface area contributed by atoms with Crippen molar-refractivity contribution in [3.05, 3.63) is 65.2 Å². The maximum Gasteiger partial charge on any atom is 0.307 e. The van der Waals surface area contributed by atoms with Gasteiger partial charge in [0.2, 0.25) is 10.0 Å². The van der Waals surface area contributed by atoms with E-state index in [2.05, 4.69) is 12.1 Å². The number of carboxylic acid groups (broad SMARTS) is 1. The number of hydrogen-bond donors (Lipinski definition) is 1.